The lowest BCUT2D eigenvalue weighted by molar-refractivity contribution is 1.44. The van der Waals surface area contributed by atoms with Crippen molar-refractivity contribution >= 4 is 34.0 Å². The van der Waals surface area contributed by atoms with Crippen LogP contribution in [0, 0.1) is 6.07 Å². The quantitative estimate of drug-likeness (QED) is 0.513. The van der Waals surface area contributed by atoms with Crippen molar-refractivity contribution in [2.75, 3.05) is 0 Å². The van der Waals surface area contributed by atoms with E-state index >= 15 is 0 Å². The van der Waals surface area contributed by atoms with Crippen molar-refractivity contribution in [2.45, 2.75) is 13.0 Å². The van der Waals surface area contributed by atoms with Crippen molar-refractivity contribution in [3.8, 4) is 0 Å². The number of benzene rings is 1. The minimum absolute atomic E-state index is 0.847. The molecule has 0 spiro atoms. The van der Waals surface area contributed by atoms with Gasteiger partial charge in [-0.25, -0.2) is 0 Å². The van der Waals surface area contributed by atoms with Gasteiger partial charge in [0.25, 0.3) is 6.69 Å². The molecule has 1 aromatic carbocycles. The van der Waals surface area contributed by atoms with Gasteiger partial charge < -0.3 is 0 Å². The van der Waals surface area contributed by atoms with Crippen LogP contribution in [0.25, 0.3) is 0 Å². The summed E-state index contributed by atoms with van der Waals surface area (Å²) in [5.41, 5.74) is 0. The molecule has 0 saturated heterocycles. The molecule has 0 unspecified atom stereocenters. The molecule has 0 aliphatic rings. The largest absolute Gasteiger partial charge is 0.280 e. The van der Waals surface area contributed by atoms with Crippen molar-refractivity contribution in [1.82, 2.24) is 0 Å². The summed E-state index contributed by atoms with van der Waals surface area (Å²) in [6.07, 6.45) is 0. The number of rotatable bonds is 2. The Morgan fingerprint density at radius 2 is 1.91 bits per heavy atom. The molecule has 1 radical (unpaired) electrons. The molecule has 1 rings (SSSR count). The van der Waals surface area contributed by atoms with Gasteiger partial charge in [0.1, 0.15) is 0 Å². The number of halogens is 2. The van der Waals surface area contributed by atoms with Gasteiger partial charge in [-0.2, -0.15) is 0 Å². The lowest BCUT2D eigenvalue weighted by Crippen LogP contribution is -2.34. The predicted octanol–water partition coefficient (Wildman–Crippen LogP) is 2.63. The molecule has 0 heterocycles. The Hall–Kier alpha value is 0.0169. The van der Waals surface area contributed by atoms with Crippen LogP contribution < -0.4 is 5.19 Å². The van der Waals surface area contributed by atoms with E-state index < -0.39 is 6.69 Å². The van der Waals surface area contributed by atoms with Gasteiger partial charge in [-0.15, -0.1) is 22.2 Å². The van der Waals surface area contributed by atoms with Gasteiger partial charge in [-0.05, 0) is 17.3 Å². The predicted molar refractivity (Wildman–Crippen MR) is 52.9 cm³/mol. The summed E-state index contributed by atoms with van der Waals surface area (Å²) in [5, 5.41) is 1.07. The minimum atomic E-state index is -2.13. The third-order valence-electron chi connectivity index (χ3n) is 1.58. The molecule has 0 amide bonds. The smallest absolute Gasteiger partial charge is 0.140 e. The average molecular weight is 204 g/mol. The first kappa shape index (κ1) is 9.11. The van der Waals surface area contributed by atoms with Crippen molar-refractivity contribution in [3.63, 3.8) is 0 Å². The van der Waals surface area contributed by atoms with E-state index in [-0.39, 0.29) is 0 Å². The highest BCUT2D eigenvalue weighted by molar-refractivity contribution is 7.50. The molecule has 0 fully saturated rings. The van der Waals surface area contributed by atoms with E-state index in [0.29, 0.717) is 0 Å². The van der Waals surface area contributed by atoms with Gasteiger partial charge in [-0.3, -0.25) is 0 Å². The van der Waals surface area contributed by atoms with Gasteiger partial charge in [0, 0.05) is 0 Å². The average Bonchev–Trinajstić information content (AvgIpc) is 2.06. The number of hydrogen-bond donors (Lipinski definition) is 0. The second-order valence-electron chi connectivity index (χ2n) is 2.35. The molecule has 11 heavy (non-hydrogen) atoms. The second-order valence-corrected chi connectivity index (χ2v) is 9.49. The molecule has 0 aliphatic carbocycles. The SMILES string of the molecule is CC[Si](Cl)(Cl)c1cc[c]cc1. The normalized spacial score (nSPS) is 11.5. The Balaban J connectivity index is 2.93. The van der Waals surface area contributed by atoms with Gasteiger partial charge >= 0.3 is 0 Å². The summed E-state index contributed by atoms with van der Waals surface area (Å²) in [4.78, 5) is 0. The Kier molecular flexibility index (Phi) is 2.99. The topological polar surface area (TPSA) is 0 Å². The lowest BCUT2D eigenvalue weighted by atomic mass is 10.4. The molecule has 59 valence electrons. The molecular weight excluding hydrogens is 195 g/mol. The van der Waals surface area contributed by atoms with Crippen LogP contribution in [0.5, 0.6) is 0 Å². The molecule has 0 aromatic heterocycles. The first-order valence-electron chi connectivity index (χ1n) is 3.51. The van der Waals surface area contributed by atoms with Crippen LogP contribution in [-0.4, -0.2) is 6.69 Å². The molecule has 0 bridgehead atoms. The highest BCUT2D eigenvalue weighted by Crippen LogP contribution is 2.18. The summed E-state index contributed by atoms with van der Waals surface area (Å²) in [6.45, 7) is -0.112. The highest BCUT2D eigenvalue weighted by atomic mass is 35.7. The standard InChI is InChI=1S/C8H9Cl2Si/c1-2-11(9,10)8-6-4-3-5-7-8/h4-7H,2H2,1H3. The Bertz CT molecular complexity index is 221. The molecule has 1 aromatic rings. The molecule has 0 N–H and O–H groups in total. The lowest BCUT2D eigenvalue weighted by Gasteiger charge is -2.13. The fourth-order valence-corrected chi connectivity index (χ4v) is 2.65. The van der Waals surface area contributed by atoms with E-state index in [9.17, 15) is 0 Å². The second kappa shape index (κ2) is 3.61. The van der Waals surface area contributed by atoms with E-state index in [2.05, 4.69) is 6.07 Å². The van der Waals surface area contributed by atoms with Crippen molar-refractivity contribution in [2.24, 2.45) is 0 Å². The van der Waals surface area contributed by atoms with Crippen LogP contribution in [0.15, 0.2) is 24.3 Å². The number of hydrogen-bond acceptors (Lipinski definition) is 0. The van der Waals surface area contributed by atoms with Gasteiger partial charge in [-0.1, -0.05) is 31.2 Å². The van der Waals surface area contributed by atoms with Crippen LogP contribution in [0.1, 0.15) is 6.92 Å². The Morgan fingerprint density at radius 1 is 1.36 bits per heavy atom. The molecule has 3 heteroatoms. The van der Waals surface area contributed by atoms with E-state index in [1.165, 1.54) is 0 Å². The maximum absolute atomic E-state index is 6.14. The van der Waals surface area contributed by atoms with Crippen LogP contribution in [0.4, 0.5) is 0 Å². The zero-order valence-electron chi connectivity index (χ0n) is 6.27. The minimum Gasteiger partial charge on any atom is -0.140 e. The summed E-state index contributed by atoms with van der Waals surface area (Å²) < 4.78 is 0. The summed E-state index contributed by atoms with van der Waals surface area (Å²) in [5.74, 6) is 0. The third-order valence-corrected chi connectivity index (χ3v) is 6.56. The molecule has 0 aliphatic heterocycles. The summed E-state index contributed by atoms with van der Waals surface area (Å²) >= 11 is 12.3. The van der Waals surface area contributed by atoms with E-state index in [0.717, 1.165) is 11.2 Å². The van der Waals surface area contributed by atoms with Gasteiger partial charge in [0.05, 0.1) is 0 Å². The Labute approximate surface area is 77.6 Å². The fraction of sp³-hybridized carbons (Fsp3) is 0.250. The zero-order chi connectivity index (χ0) is 8.32. The van der Waals surface area contributed by atoms with Gasteiger partial charge in [0.15, 0.2) is 0 Å². The maximum Gasteiger partial charge on any atom is 0.280 e. The van der Waals surface area contributed by atoms with Gasteiger partial charge in [0.2, 0.25) is 0 Å². The third kappa shape index (κ3) is 2.22. The van der Waals surface area contributed by atoms with Crippen LogP contribution in [0.3, 0.4) is 0 Å². The molecule has 0 saturated carbocycles. The maximum atomic E-state index is 6.14. The highest BCUT2D eigenvalue weighted by Gasteiger charge is 2.27. The van der Waals surface area contributed by atoms with Crippen molar-refractivity contribution in [3.05, 3.63) is 30.3 Å². The van der Waals surface area contributed by atoms with E-state index in [1.54, 1.807) is 0 Å². The molecular formula is C8H9Cl2Si. The van der Waals surface area contributed by atoms with E-state index in [4.69, 9.17) is 22.2 Å². The molecule has 0 atom stereocenters. The monoisotopic (exact) mass is 203 g/mol. The summed E-state index contributed by atoms with van der Waals surface area (Å²) in [7, 11) is 0. The first-order valence-corrected chi connectivity index (χ1v) is 7.74. The zero-order valence-corrected chi connectivity index (χ0v) is 8.78. The first-order chi connectivity index (χ1) is 5.17. The summed E-state index contributed by atoms with van der Waals surface area (Å²) in [6, 6.07) is 11.4. The van der Waals surface area contributed by atoms with Crippen molar-refractivity contribution < 1.29 is 0 Å². The Morgan fingerprint density at radius 3 is 2.36 bits per heavy atom. The van der Waals surface area contributed by atoms with Crippen LogP contribution in [0.2, 0.25) is 6.04 Å². The van der Waals surface area contributed by atoms with E-state index in [1.807, 2.05) is 31.2 Å². The van der Waals surface area contributed by atoms with Crippen molar-refractivity contribution in [1.29, 1.82) is 0 Å². The fourth-order valence-electron chi connectivity index (χ4n) is 0.835. The molecule has 0 nitrogen and oxygen atoms in total. The van der Waals surface area contributed by atoms with Crippen LogP contribution >= 0.6 is 22.2 Å². The van der Waals surface area contributed by atoms with Crippen LogP contribution in [-0.2, 0) is 0 Å².